The molecule has 2 aromatic rings. The van der Waals surface area contributed by atoms with E-state index in [1.54, 1.807) is 25.1 Å². The van der Waals surface area contributed by atoms with Crippen LogP contribution in [0.4, 0.5) is 18.9 Å². The zero-order valence-corrected chi connectivity index (χ0v) is 13.4. The van der Waals surface area contributed by atoms with Crippen molar-refractivity contribution >= 4 is 11.6 Å². The number of carbonyl (C=O) groups excluding carboxylic acids is 1. The summed E-state index contributed by atoms with van der Waals surface area (Å²) in [5.74, 6) is -0.251. The quantitative estimate of drug-likeness (QED) is 0.831. The van der Waals surface area contributed by atoms with Gasteiger partial charge in [0.2, 0.25) is 0 Å². The van der Waals surface area contributed by atoms with Gasteiger partial charge in [-0.3, -0.25) is 4.79 Å². The van der Waals surface area contributed by atoms with E-state index in [1.807, 2.05) is 6.92 Å². The minimum atomic E-state index is -4.34. The summed E-state index contributed by atoms with van der Waals surface area (Å²) in [5.41, 5.74) is 7.54. The maximum atomic E-state index is 12.5. The fraction of sp³-hybridized carbons (Fsp3) is 0.278. The van der Waals surface area contributed by atoms with E-state index in [1.165, 1.54) is 12.1 Å². The number of aryl methyl sites for hydroxylation is 1. The van der Waals surface area contributed by atoms with Crippen LogP contribution in [0.1, 0.15) is 34.0 Å². The number of halogens is 3. The van der Waals surface area contributed by atoms with E-state index in [9.17, 15) is 18.0 Å². The van der Waals surface area contributed by atoms with Crippen LogP contribution >= 0.6 is 0 Å². The van der Waals surface area contributed by atoms with Gasteiger partial charge in [-0.25, -0.2) is 0 Å². The maximum absolute atomic E-state index is 12.5. The normalized spacial score (nSPS) is 12.7. The van der Waals surface area contributed by atoms with Gasteiger partial charge in [0.25, 0.3) is 5.91 Å². The van der Waals surface area contributed by atoms with E-state index in [4.69, 9.17) is 5.73 Å². The lowest BCUT2D eigenvalue weighted by atomic mass is 10.0. The first-order valence-electron chi connectivity index (χ1n) is 7.50. The molecule has 0 aliphatic heterocycles. The topological polar surface area (TPSA) is 55.1 Å². The number of anilines is 1. The van der Waals surface area contributed by atoms with Gasteiger partial charge in [0.1, 0.15) is 0 Å². The van der Waals surface area contributed by atoms with E-state index >= 15 is 0 Å². The third kappa shape index (κ3) is 4.50. The highest BCUT2D eigenvalue weighted by molar-refractivity contribution is 5.96. The molecule has 128 valence electrons. The summed E-state index contributed by atoms with van der Waals surface area (Å²) in [5, 5.41) is 2.84. The number of nitrogens with one attached hydrogen (secondary N) is 1. The van der Waals surface area contributed by atoms with Crippen LogP contribution in [0.2, 0.25) is 0 Å². The zero-order chi connectivity index (χ0) is 17.9. The minimum absolute atomic E-state index is 0.227. The highest BCUT2D eigenvalue weighted by Crippen LogP contribution is 2.29. The molecule has 0 saturated heterocycles. The molecule has 0 aromatic heterocycles. The van der Waals surface area contributed by atoms with Crippen LogP contribution in [-0.4, -0.2) is 11.9 Å². The van der Waals surface area contributed by atoms with Gasteiger partial charge in [-0.05, 0) is 55.7 Å². The Hall–Kier alpha value is -2.50. The molecule has 2 rings (SSSR count). The Labute approximate surface area is 138 Å². The number of nitrogen functional groups attached to an aromatic ring is 1. The van der Waals surface area contributed by atoms with E-state index in [2.05, 4.69) is 5.32 Å². The summed E-state index contributed by atoms with van der Waals surface area (Å²) in [4.78, 5) is 12.3. The molecular weight excluding hydrogens is 317 g/mol. The fourth-order valence-corrected chi connectivity index (χ4v) is 2.42. The van der Waals surface area contributed by atoms with Crippen molar-refractivity contribution in [3.8, 4) is 0 Å². The molecule has 24 heavy (non-hydrogen) atoms. The van der Waals surface area contributed by atoms with E-state index in [0.717, 1.165) is 23.3 Å². The monoisotopic (exact) mass is 336 g/mol. The number of rotatable bonds is 4. The number of hydrogen-bond donors (Lipinski definition) is 2. The van der Waals surface area contributed by atoms with Crippen LogP contribution < -0.4 is 11.1 Å². The highest BCUT2D eigenvalue weighted by Gasteiger charge is 2.29. The van der Waals surface area contributed by atoms with Crippen LogP contribution in [0.15, 0.2) is 42.5 Å². The van der Waals surface area contributed by atoms with Crippen molar-refractivity contribution in [3.05, 3.63) is 64.7 Å². The maximum Gasteiger partial charge on any atom is 0.416 e. The van der Waals surface area contributed by atoms with Crippen molar-refractivity contribution in [1.29, 1.82) is 0 Å². The van der Waals surface area contributed by atoms with Crippen molar-refractivity contribution in [1.82, 2.24) is 5.32 Å². The standard InChI is InChI=1S/C18H19F3N2O/c1-11-3-8-15(22)10-16(11)17(24)23-12(2)9-13-4-6-14(7-5-13)18(19,20)21/h3-8,10,12H,9,22H2,1-2H3,(H,23,24). The van der Waals surface area contributed by atoms with Crippen molar-refractivity contribution < 1.29 is 18.0 Å². The molecule has 1 atom stereocenters. The molecular formula is C18H19F3N2O. The Morgan fingerprint density at radius 1 is 1.17 bits per heavy atom. The molecule has 0 aliphatic rings. The zero-order valence-electron chi connectivity index (χ0n) is 13.4. The Morgan fingerprint density at radius 3 is 2.38 bits per heavy atom. The summed E-state index contributed by atoms with van der Waals surface area (Å²) >= 11 is 0. The molecule has 2 aromatic carbocycles. The predicted octanol–water partition coefficient (Wildman–Crippen LogP) is 3.96. The van der Waals surface area contributed by atoms with E-state index in [0.29, 0.717) is 17.7 Å². The first kappa shape index (κ1) is 17.8. The SMILES string of the molecule is Cc1ccc(N)cc1C(=O)NC(C)Cc1ccc(C(F)(F)F)cc1. The molecule has 3 N–H and O–H groups in total. The Bertz CT molecular complexity index is 724. The number of benzene rings is 2. The lowest BCUT2D eigenvalue weighted by Crippen LogP contribution is -2.34. The summed E-state index contributed by atoms with van der Waals surface area (Å²) in [6.45, 7) is 3.62. The number of amides is 1. The van der Waals surface area contributed by atoms with Gasteiger partial charge >= 0.3 is 6.18 Å². The number of hydrogen-bond acceptors (Lipinski definition) is 2. The summed E-state index contributed by atoms with van der Waals surface area (Å²) < 4.78 is 37.6. The third-order valence-corrected chi connectivity index (χ3v) is 3.71. The van der Waals surface area contributed by atoms with Gasteiger partial charge in [0.05, 0.1) is 5.56 Å². The third-order valence-electron chi connectivity index (χ3n) is 3.71. The number of nitrogens with two attached hydrogens (primary N) is 1. The summed E-state index contributed by atoms with van der Waals surface area (Å²) in [7, 11) is 0. The summed E-state index contributed by atoms with van der Waals surface area (Å²) in [6, 6.07) is 9.82. The molecule has 0 spiro atoms. The van der Waals surface area contributed by atoms with Gasteiger partial charge in [-0.15, -0.1) is 0 Å². The van der Waals surface area contributed by atoms with E-state index in [-0.39, 0.29) is 11.9 Å². The molecule has 1 unspecified atom stereocenters. The van der Waals surface area contributed by atoms with E-state index < -0.39 is 11.7 Å². The second kappa shape index (κ2) is 6.95. The summed E-state index contributed by atoms with van der Waals surface area (Å²) in [6.07, 6.45) is -3.91. The van der Waals surface area contributed by atoms with Crippen LogP contribution in [0.25, 0.3) is 0 Å². The van der Waals surface area contributed by atoms with Gasteiger partial charge in [-0.1, -0.05) is 18.2 Å². The Balaban J connectivity index is 2.01. The Morgan fingerprint density at radius 2 is 1.79 bits per heavy atom. The molecule has 0 aliphatic carbocycles. The van der Waals surface area contributed by atoms with Gasteiger partial charge < -0.3 is 11.1 Å². The molecule has 0 fully saturated rings. The van der Waals surface area contributed by atoms with Crippen molar-refractivity contribution in [2.75, 3.05) is 5.73 Å². The van der Waals surface area contributed by atoms with Crippen molar-refractivity contribution in [3.63, 3.8) is 0 Å². The fourth-order valence-electron chi connectivity index (χ4n) is 2.42. The van der Waals surface area contributed by atoms with Crippen molar-refractivity contribution in [2.24, 2.45) is 0 Å². The molecule has 0 bridgehead atoms. The first-order valence-corrected chi connectivity index (χ1v) is 7.50. The second-order valence-corrected chi connectivity index (χ2v) is 5.85. The average Bonchev–Trinajstić information content (AvgIpc) is 2.49. The van der Waals surface area contributed by atoms with Gasteiger partial charge in [0.15, 0.2) is 0 Å². The minimum Gasteiger partial charge on any atom is -0.399 e. The van der Waals surface area contributed by atoms with Gasteiger partial charge in [0, 0.05) is 17.3 Å². The van der Waals surface area contributed by atoms with Crippen LogP contribution in [-0.2, 0) is 12.6 Å². The lowest BCUT2D eigenvalue weighted by Gasteiger charge is -2.16. The second-order valence-electron chi connectivity index (χ2n) is 5.85. The Kier molecular flexibility index (Phi) is 5.17. The molecule has 0 radical (unpaired) electrons. The average molecular weight is 336 g/mol. The van der Waals surface area contributed by atoms with Crippen molar-refractivity contribution in [2.45, 2.75) is 32.5 Å². The highest BCUT2D eigenvalue weighted by atomic mass is 19.4. The lowest BCUT2D eigenvalue weighted by molar-refractivity contribution is -0.137. The predicted molar refractivity (Wildman–Crippen MR) is 87.7 cm³/mol. The molecule has 0 saturated carbocycles. The first-order chi connectivity index (χ1) is 11.2. The molecule has 3 nitrogen and oxygen atoms in total. The van der Waals surface area contributed by atoms with Crippen LogP contribution in [0.3, 0.4) is 0 Å². The largest absolute Gasteiger partial charge is 0.416 e. The van der Waals surface area contributed by atoms with Crippen LogP contribution in [0, 0.1) is 6.92 Å². The molecule has 0 heterocycles. The van der Waals surface area contributed by atoms with Gasteiger partial charge in [-0.2, -0.15) is 13.2 Å². The number of alkyl halides is 3. The number of carbonyl (C=O) groups is 1. The molecule has 6 heteroatoms. The smallest absolute Gasteiger partial charge is 0.399 e. The van der Waals surface area contributed by atoms with Crippen LogP contribution in [0.5, 0.6) is 0 Å². The molecule has 1 amide bonds.